The SMILES string of the molecule is CN=C(NCC1CCCOC1c1ccccc1)N1CCC(c2ccccc2)C1. The summed E-state index contributed by atoms with van der Waals surface area (Å²) in [5.74, 6) is 2.09. The zero-order valence-electron chi connectivity index (χ0n) is 16.8. The largest absolute Gasteiger partial charge is 0.373 e. The molecule has 28 heavy (non-hydrogen) atoms. The first-order chi connectivity index (χ1) is 13.8. The second-order valence-corrected chi connectivity index (χ2v) is 7.87. The number of nitrogens with zero attached hydrogens (tertiary/aromatic N) is 2. The van der Waals surface area contributed by atoms with E-state index in [9.17, 15) is 0 Å². The van der Waals surface area contributed by atoms with Crippen LogP contribution in [0.25, 0.3) is 0 Å². The van der Waals surface area contributed by atoms with E-state index >= 15 is 0 Å². The summed E-state index contributed by atoms with van der Waals surface area (Å²) in [5, 5.41) is 3.65. The van der Waals surface area contributed by atoms with Gasteiger partial charge in [-0.3, -0.25) is 4.99 Å². The van der Waals surface area contributed by atoms with E-state index in [0.717, 1.165) is 38.6 Å². The van der Waals surface area contributed by atoms with Crippen LogP contribution in [0.15, 0.2) is 65.7 Å². The van der Waals surface area contributed by atoms with Gasteiger partial charge in [0.15, 0.2) is 5.96 Å². The Bertz CT molecular complexity index is 762. The van der Waals surface area contributed by atoms with Crippen LogP contribution in [-0.4, -0.2) is 44.1 Å². The lowest BCUT2D eigenvalue weighted by atomic mass is 9.89. The molecule has 4 nitrogen and oxygen atoms in total. The molecule has 3 unspecified atom stereocenters. The normalized spacial score (nSPS) is 25.7. The van der Waals surface area contributed by atoms with Gasteiger partial charge < -0.3 is 15.0 Å². The van der Waals surface area contributed by atoms with Gasteiger partial charge in [0.2, 0.25) is 0 Å². The summed E-state index contributed by atoms with van der Waals surface area (Å²) in [5.41, 5.74) is 2.72. The highest BCUT2D eigenvalue weighted by atomic mass is 16.5. The van der Waals surface area contributed by atoms with Crippen LogP contribution < -0.4 is 5.32 Å². The summed E-state index contributed by atoms with van der Waals surface area (Å²) in [4.78, 5) is 6.97. The Hall–Kier alpha value is -2.33. The Morgan fingerprint density at radius 1 is 1.04 bits per heavy atom. The van der Waals surface area contributed by atoms with Crippen molar-refractivity contribution >= 4 is 5.96 Å². The smallest absolute Gasteiger partial charge is 0.193 e. The minimum Gasteiger partial charge on any atom is -0.373 e. The van der Waals surface area contributed by atoms with Crippen LogP contribution in [0.4, 0.5) is 0 Å². The van der Waals surface area contributed by atoms with Crippen molar-refractivity contribution in [2.75, 3.05) is 33.3 Å². The van der Waals surface area contributed by atoms with Gasteiger partial charge in [-0.15, -0.1) is 0 Å². The summed E-state index contributed by atoms with van der Waals surface area (Å²) in [6.45, 7) is 3.85. The average Bonchev–Trinajstić information content (AvgIpc) is 3.26. The van der Waals surface area contributed by atoms with Crippen LogP contribution in [0.2, 0.25) is 0 Å². The molecule has 2 aliphatic rings. The van der Waals surface area contributed by atoms with E-state index < -0.39 is 0 Å². The molecular formula is C24H31N3O. The van der Waals surface area contributed by atoms with Crippen molar-refractivity contribution < 1.29 is 4.74 Å². The molecule has 2 saturated heterocycles. The monoisotopic (exact) mass is 377 g/mol. The molecule has 0 radical (unpaired) electrons. The zero-order chi connectivity index (χ0) is 19.2. The van der Waals surface area contributed by atoms with Gasteiger partial charge in [-0.25, -0.2) is 0 Å². The number of guanidine groups is 1. The van der Waals surface area contributed by atoms with E-state index in [2.05, 4.69) is 75.9 Å². The topological polar surface area (TPSA) is 36.9 Å². The molecule has 2 aromatic carbocycles. The highest BCUT2D eigenvalue weighted by Gasteiger charge is 2.29. The van der Waals surface area contributed by atoms with E-state index in [0.29, 0.717) is 11.8 Å². The first-order valence-corrected chi connectivity index (χ1v) is 10.5. The van der Waals surface area contributed by atoms with E-state index in [4.69, 9.17) is 4.74 Å². The maximum absolute atomic E-state index is 6.15. The fourth-order valence-electron chi connectivity index (χ4n) is 4.57. The summed E-state index contributed by atoms with van der Waals surface area (Å²) in [7, 11) is 1.89. The Kier molecular flexibility index (Phi) is 6.27. The molecule has 2 aromatic rings. The molecule has 1 N–H and O–H groups in total. The molecule has 0 spiro atoms. The molecule has 0 saturated carbocycles. The lowest BCUT2D eigenvalue weighted by Gasteiger charge is -2.33. The number of likely N-dealkylation sites (tertiary alicyclic amines) is 1. The van der Waals surface area contributed by atoms with Gasteiger partial charge in [-0.1, -0.05) is 60.7 Å². The van der Waals surface area contributed by atoms with Crippen LogP contribution in [-0.2, 0) is 4.74 Å². The van der Waals surface area contributed by atoms with Gasteiger partial charge in [0.25, 0.3) is 0 Å². The number of ether oxygens (including phenoxy) is 1. The molecule has 148 valence electrons. The average molecular weight is 378 g/mol. The molecule has 2 fully saturated rings. The number of aliphatic imine (C=N–C) groups is 1. The molecule has 4 heteroatoms. The Balaban J connectivity index is 1.36. The van der Waals surface area contributed by atoms with Crippen molar-refractivity contribution in [3.63, 3.8) is 0 Å². The molecular weight excluding hydrogens is 346 g/mol. The minimum absolute atomic E-state index is 0.177. The maximum atomic E-state index is 6.15. The number of hydrogen-bond donors (Lipinski definition) is 1. The maximum Gasteiger partial charge on any atom is 0.193 e. The summed E-state index contributed by atoms with van der Waals surface area (Å²) >= 11 is 0. The van der Waals surface area contributed by atoms with Crippen LogP contribution in [0.3, 0.4) is 0 Å². The van der Waals surface area contributed by atoms with Crippen LogP contribution in [0, 0.1) is 5.92 Å². The third-order valence-electron chi connectivity index (χ3n) is 6.07. The third-order valence-corrected chi connectivity index (χ3v) is 6.07. The predicted octanol–water partition coefficient (Wildman–Crippen LogP) is 4.22. The van der Waals surface area contributed by atoms with E-state index in [1.165, 1.54) is 24.0 Å². The molecule has 0 bridgehead atoms. The second-order valence-electron chi connectivity index (χ2n) is 7.87. The van der Waals surface area contributed by atoms with Gasteiger partial charge in [0.05, 0.1) is 6.10 Å². The second kappa shape index (κ2) is 9.24. The molecule has 3 atom stereocenters. The highest BCUT2D eigenvalue weighted by molar-refractivity contribution is 5.80. The molecule has 0 aromatic heterocycles. The van der Waals surface area contributed by atoms with Crippen molar-refractivity contribution in [3.05, 3.63) is 71.8 Å². The Morgan fingerprint density at radius 2 is 1.75 bits per heavy atom. The van der Waals surface area contributed by atoms with Gasteiger partial charge in [0, 0.05) is 45.1 Å². The molecule has 0 aliphatic carbocycles. The standard InChI is InChI=1S/C24H31N3O/c1-25-24(27-15-14-22(18-27)19-9-4-2-5-10-19)26-17-21-13-8-16-28-23(21)20-11-6-3-7-12-20/h2-7,9-12,21-23H,8,13-18H2,1H3,(H,25,26). The van der Waals surface area contributed by atoms with Gasteiger partial charge in [-0.2, -0.15) is 0 Å². The third kappa shape index (κ3) is 4.39. The molecule has 2 aliphatic heterocycles. The van der Waals surface area contributed by atoms with Crippen LogP contribution in [0.5, 0.6) is 0 Å². The molecule has 0 amide bonds. The van der Waals surface area contributed by atoms with Crippen molar-refractivity contribution in [1.82, 2.24) is 10.2 Å². The van der Waals surface area contributed by atoms with Crippen molar-refractivity contribution in [2.45, 2.75) is 31.3 Å². The van der Waals surface area contributed by atoms with Gasteiger partial charge in [0.1, 0.15) is 0 Å². The number of hydrogen-bond acceptors (Lipinski definition) is 2. The number of rotatable bonds is 4. The predicted molar refractivity (Wildman–Crippen MR) is 115 cm³/mol. The lowest BCUT2D eigenvalue weighted by molar-refractivity contribution is -0.0266. The first kappa shape index (κ1) is 19.0. The quantitative estimate of drug-likeness (QED) is 0.640. The lowest BCUT2D eigenvalue weighted by Crippen LogP contribution is -2.43. The fraction of sp³-hybridized carbons (Fsp3) is 0.458. The summed E-state index contributed by atoms with van der Waals surface area (Å²) < 4.78 is 6.15. The highest BCUT2D eigenvalue weighted by Crippen LogP contribution is 2.33. The number of benzene rings is 2. The Labute approximate surface area is 168 Å². The summed E-state index contributed by atoms with van der Waals surface area (Å²) in [6.07, 6.45) is 3.69. The Morgan fingerprint density at radius 3 is 2.46 bits per heavy atom. The van der Waals surface area contributed by atoms with Crippen molar-refractivity contribution in [2.24, 2.45) is 10.9 Å². The van der Waals surface area contributed by atoms with Gasteiger partial charge >= 0.3 is 0 Å². The van der Waals surface area contributed by atoms with Crippen molar-refractivity contribution in [3.8, 4) is 0 Å². The molecule has 2 heterocycles. The minimum atomic E-state index is 0.177. The van der Waals surface area contributed by atoms with Crippen LogP contribution >= 0.6 is 0 Å². The zero-order valence-corrected chi connectivity index (χ0v) is 16.8. The molecule has 4 rings (SSSR count). The number of nitrogens with one attached hydrogen (secondary N) is 1. The summed E-state index contributed by atoms with van der Waals surface area (Å²) in [6, 6.07) is 21.5. The first-order valence-electron chi connectivity index (χ1n) is 10.5. The van der Waals surface area contributed by atoms with Crippen molar-refractivity contribution in [1.29, 1.82) is 0 Å². The van der Waals surface area contributed by atoms with E-state index in [1.807, 2.05) is 7.05 Å². The van der Waals surface area contributed by atoms with E-state index in [1.54, 1.807) is 0 Å². The fourth-order valence-corrected chi connectivity index (χ4v) is 4.57. The van der Waals surface area contributed by atoms with E-state index in [-0.39, 0.29) is 6.10 Å². The van der Waals surface area contributed by atoms with Crippen LogP contribution in [0.1, 0.15) is 42.4 Å². The van der Waals surface area contributed by atoms with Gasteiger partial charge in [-0.05, 0) is 30.4 Å².